The maximum atomic E-state index is 14.0. The van der Waals surface area contributed by atoms with Crippen molar-refractivity contribution in [3.05, 3.63) is 63.9 Å². The third-order valence-electron chi connectivity index (χ3n) is 3.19. The lowest BCUT2D eigenvalue weighted by Gasteiger charge is -2.19. The minimum atomic E-state index is -0.447. The van der Waals surface area contributed by atoms with Gasteiger partial charge in [-0.3, -0.25) is 5.84 Å². The lowest BCUT2D eigenvalue weighted by Crippen LogP contribution is -2.29. The van der Waals surface area contributed by atoms with Gasteiger partial charge in [-0.15, -0.1) is 0 Å². The Balaban J connectivity index is 2.44. The van der Waals surface area contributed by atoms with Crippen LogP contribution in [0.25, 0.3) is 0 Å². The Labute approximate surface area is 122 Å². The molecule has 0 radical (unpaired) electrons. The zero-order chi connectivity index (χ0) is 14.7. The van der Waals surface area contributed by atoms with Gasteiger partial charge in [0.15, 0.2) is 0 Å². The predicted octanol–water partition coefficient (Wildman–Crippen LogP) is 3.35. The zero-order valence-electron chi connectivity index (χ0n) is 11.3. The molecule has 0 saturated carbocycles. The molecule has 106 valence electrons. The van der Waals surface area contributed by atoms with Gasteiger partial charge in [0.1, 0.15) is 11.6 Å². The minimum absolute atomic E-state index is 0.355. The highest BCUT2D eigenvalue weighted by atomic mass is 35.5. The van der Waals surface area contributed by atoms with Crippen LogP contribution in [-0.4, -0.2) is 7.11 Å². The normalized spacial score (nSPS) is 12.2. The molecule has 3 nitrogen and oxygen atoms in total. The summed E-state index contributed by atoms with van der Waals surface area (Å²) < 4.78 is 19.2. The van der Waals surface area contributed by atoms with Gasteiger partial charge in [0.05, 0.1) is 13.2 Å². The van der Waals surface area contributed by atoms with Gasteiger partial charge < -0.3 is 4.74 Å². The Kier molecular flexibility index (Phi) is 4.60. The van der Waals surface area contributed by atoms with Crippen molar-refractivity contribution in [2.24, 2.45) is 5.84 Å². The summed E-state index contributed by atoms with van der Waals surface area (Å²) in [6.07, 6.45) is 0. The summed E-state index contributed by atoms with van der Waals surface area (Å²) in [6, 6.07) is 9.70. The van der Waals surface area contributed by atoms with Gasteiger partial charge in [-0.2, -0.15) is 0 Å². The number of hydrogen-bond donors (Lipinski definition) is 2. The SMILES string of the molecule is COc1ccc(C(NN)c2ccc(Cl)cc2F)cc1C. The van der Waals surface area contributed by atoms with Gasteiger partial charge in [0, 0.05) is 10.6 Å². The second-order valence-electron chi connectivity index (χ2n) is 4.49. The molecule has 0 heterocycles. The lowest BCUT2D eigenvalue weighted by atomic mass is 9.97. The van der Waals surface area contributed by atoms with Gasteiger partial charge in [0.25, 0.3) is 0 Å². The Morgan fingerprint density at radius 1 is 1.25 bits per heavy atom. The van der Waals surface area contributed by atoms with Crippen molar-refractivity contribution >= 4 is 11.6 Å². The topological polar surface area (TPSA) is 47.3 Å². The summed E-state index contributed by atoms with van der Waals surface area (Å²) in [7, 11) is 1.61. The Morgan fingerprint density at radius 2 is 2.00 bits per heavy atom. The third-order valence-corrected chi connectivity index (χ3v) is 3.43. The van der Waals surface area contributed by atoms with E-state index >= 15 is 0 Å². The second-order valence-corrected chi connectivity index (χ2v) is 4.93. The Bertz CT molecular complexity index is 619. The molecule has 5 heteroatoms. The van der Waals surface area contributed by atoms with E-state index in [4.69, 9.17) is 22.2 Å². The molecule has 2 aromatic carbocycles. The maximum Gasteiger partial charge on any atom is 0.129 e. The fourth-order valence-electron chi connectivity index (χ4n) is 2.18. The number of nitrogens with two attached hydrogens (primary N) is 1. The summed E-state index contributed by atoms with van der Waals surface area (Å²) in [5.74, 6) is 5.97. The van der Waals surface area contributed by atoms with Crippen LogP contribution in [0.3, 0.4) is 0 Å². The molecule has 0 fully saturated rings. The molecular formula is C15H16ClFN2O. The quantitative estimate of drug-likeness (QED) is 0.671. The smallest absolute Gasteiger partial charge is 0.129 e. The maximum absolute atomic E-state index is 14.0. The predicted molar refractivity (Wildman–Crippen MR) is 78.3 cm³/mol. The Hall–Kier alpha value is -1.62. The summed E-state index contributed by atoms with van der Waals surface area (Å²) in [5, 5.41) is 0.355. The monoisotopic (exact) mass is 294 g/mol. The van der Waals surface area contributed by atoms with Crippen LogP contribution in [0.4, 0.5) is 4.39 Å². The number of halogens is 2. The van der Waals surface area contributed by atoms with Crippen molar-refractivity contribution in [2.75, 3.05) is 7.11 Å². The first-order valence-corrected chi connectivity index (χ1v) is 6.50. The van der Waals surface area contributed by atoms with Gasteiger partial charge in [0.2, 0.25) is 0 Å². The molecule has 0 saturated heterocycles. The number of hydrazine groups is 1. The first kappa shape index (κ1) is 14.8. The van der Waals surface area contributed by atoms with Crippen LogP contribution in [0.2, 0.25) is 5.02 Å². The highest BCUT2D eigenvalue weighted by Crippen LogP contribution is 2.28. The van der Waals surface area contributed by atoms with Crippen molar-refractivity contribution in [1.29, 1.82) is 0 Å². The van der Waals surface area contributed by atoms with E-state index in [1.807, 2.05) is 25.1 Å². The Morgan fingerprint density at radius 3 is 2.55 bits per heavy atom. The lowest BCUT2D eigenvalue weighted by molar-refractivity contribution is 0.411. The number of hydrogen-bond acceptors (Lipinski definition) is 3. The molecule has 0 aliphatic rings. The summed E-state index contributed by atoms with van der Waals surface area (Å²) in [5.41, 5.74) is 4.89. The van der Waals surface area contributed by atoms with Crippen LogP contribution in [0, 0.1) is 12.7 Å². The minimum Gasteiger partial charge on any atom is -0.496 e. The molecular weight excluding hydrogens is 279 g/mol. The average Bonchev–Trinajstić information content (AvgIpc) is 2.42. The van der Waals surface area contributed by atoms with Crippen LogP contribution in [0.1, 0.15) is 22.7 Å². The van der Waals surface area contributed by atoms with Gasteiger partial charge >= 0.3 is 0 Å². The van der Waals surface area contributed by atoms with E-state index in [1.165, 1.54) is 6.07 Å². The van der Waals surface area contributed by atoms with Crippen molar-refractivity contribution < 1.29 is 9.13 Å². The molecule has 3 N–H and O–H groups in total. The van der Waals surface area contributed by atoms with E-state index in [9.17, 15) is 4.39 Å². The standard InChI is InChI=1S/C15H16ClFN2O/c1-9-7-10(3-6-14(9)20-2)15(19-18)12-5-4-11(16)8-13(12)17/h3-8,15,19H,18H2,1-2H3. The van der Waals surface area contributed by atoms with Crippen LogP contribution < -0.4 is 16.0 Å². The molecule has 1 atom stereocenters. The first-order chi connectivity index (χ1) is 9.56. The van der Waals surface area contributed by atoms with Gasteiger partial charge in [-0.1, -0.05) is 29.8 Å². The molecule has 0 amide bonds. The van der Waals surface area contributed by atoms with Crippen molar-refractivity contribution in [1.82, 2.24) is 5.43 Å². The number of aryl methyl sites for hydroxylation is 1. The van der Waals surface area contributed by atoms with E-state index in [1.54, 1.807) is 19.2 Å². The fourth-order valence-corrected chi connectivity index (χ4v) is 2.34. The molecule has 0 aliphatic carbocycles. The van der Waals surface area contributed by atoms with Gasteiger partial charge in [-0.05, 0) is 36.2 Å². The highest BCUT2D eigenvalue weighted by Gasteiger charge is 2.17. The number of methoxy groups -OCH3 is 1. The fraction of sp³-hybridized carbons (Fsp3) is 0.200. The first-order valence-electron chi connectivity index (χ1n) is 6.12. The van der Waals surface area contributed by atoms with E-state index < -0.39 is 11.9 Å². The van der Waals surface area contributed by atoms with Crippen molar-refractivity contribution in [3.8, 4) is 5.75 Å². The van der Waals surface area contributed by atoms with E-state index in [-0.39, 0.29) is 0 Å². The number of ether oxygens (including phenoxy) is 1. The number of benzene rings is 2. The second kappa shape index (κ2) is 6.22. The molecule has 20 heavy (non-hydrogen) atoms. The molecule has 0 spiro atoms. The van der Waals surface area contributed by atoms with Crippen LogP contribution in [-0.2, 0) is 0 Å². The molecule has 0 aromatic heterocycles. The van der Waals surface area contributed by atoms with E-state index in [0.717, 1.165) is 16.9 Å². The van der Waals surface area contributed by atoms with Crippen LogP contribution >= 0.6 is 11.6 Å². The molecule has 2 aromatic rings. The number of rotatable bonds is 4. The summed E-state index contributed by atoms with van der Waals surface area (Å²) in [4.78, 5) is 0. The third kappa shape index (κ3) is 2.93. The zero-order valence-corrected chi connectivity index (χ0v) is 12.0. The van der Waals surface area contributed by atoms with E-state index in [2.05, 4.69) is 5.43 Å². The van der Waals surface area contributed by atoms with Crippen LogP contribution in [0.15, 0.2) is 36.4 Å². The average molecular weight is 295 g/mol. The number of nitrogens with one attached hydrogen (secondary N) is 1. The van der Waals surface area contributed by atoms with E-state index in [0.29, 0.717) is 10.6 Å². The molecule has 1 unspecified atom stereocenters. The molecule has 2 rings (SSSR count). The molecule has 0 aliphatic heterocycles. The summed E-state index contributed by atoms with van der Waals surface area (Å²) >= 11 is 5.77. The van der Waals surface area contributed by atoms with Crippen molar-refractivity contribution in [2.45, 2.75) is 13.0 Å². The molecule has 0 bridgehead atoms. The summed E-state index contributed by atoms with van der Waals surface area (Å²) in [6.45, 7) is 1.92. The van der Waals surface area contributed by atoms with Gasteiger partial charge in [-0.25, -0.2) is 9.82 Å². The highest BCUT2D eigenvalue weighted by molar-refractivity contribution is 6.30. The van der Waals surface area contributed by atoms with Crippen molar-refractivity contribution in [3.63, 3.8) is 0 Å². The largest absolute Gasteiger partial charge is 0.496 e. The van der Waals surface area contributed by atoms with Crippen LogP contribution in [0.5, 0.6) is 5.75 Å².